The largest absolute Gasteiger partial charge is 0.330 e. The molecule has 1 aromatic carbocycles. The van der Waals surface area contributed by atoms with E-state index in [1.807, 2.05) is 0 Å². The molecule has 1 heterocycles. The Labute approximate surface area is 125 Å². The summed E-state index contributed by atoms with van der Waals surface area (Å²) in [6.07, 6.45) is 1.05. The highest BCUT2D eigenvalue weighted by atomic mass is 35.5. The fourth-order valence-electron chi connectivity index (χ4n) is 2.70. The Morgan fingerprint density at radius 2 is 2.00 bits per heavy atom. The van der Waals surface area contributed by atoms with Gasteiger partial charge in [-0.3, -0.25) is 4.90 Å². The molecule has 1 saturated heterocycles. The van der Waals surface area contributed by atoms with Gasteiger partial charge in [-0.05, 0) is 50.1 Å². The van der Waals surface area contributed by atoms with E-state index in [-0.39, 0.29) is 5.75 Å². The molecule has 1 aliphatic heterocycles. The van der Waals surface area contributed by atoms with Gasteiger partial charge < -0.3 is 5.73 Å². The van der Waals surface area contributed by atoms with Crippen LogP contribution in [0.5, 0.6) is 0 Å². The first-order chi connectivity index (χ1) is 9.42. The smallest absolute Gasteiger partial charge is 0.179 e. The minimum Gasteiger partial charge on any atom is -0.330 e. The lowest BCUT2D eigenvalue weighted by Gasteiger charge is -2.20. The summed E-state index contributed by atoms with van der Waals surface area (Å²) in [5, 5.41) is 0.544. The molecule has 6 heteroatoms. The third-order valence-electron chi connectivity index (χ3n) is 3.94. The van der Waals surface area contributed by atoms with Crippen molar-refractivity contribution in [2.75, 3.05) is 25.4 Å². The maximum atomic E-state index is 12.3. The second-order valence-electron chi connectivity index (χ2n) is 5.45. The monoisotopic (exact) mass is 316 g/mol. The molecule has 0 spiro atoms. The Hall–Kier alpha value is -0.620. The zero-order valence-electron chi connectivity index (χ0n) is 11.6. The summed E-state index contributed by atoms with van der Waals surface area (Å²) < 4.78 is 24.5. The Bertz CT molecular complexity index is 545. The minimum atomic E-state index is -3.24. The molecule has 2 N–H and O–H groups in total. The Kier molecular flexibility index (Phi) is 5.07. The Balaban J connectivity index is 1.98. The van der Waals surface area contributed by atoms with Crippen LogP contribution in [0.4, 0.5) is 0 Å². The van der Waals surface area contributed by atoms with Crippen LogP contribution >= 0.6 is 11.6 Å². The van der Waals surface area contributed by atoms with Gasteiger partial charge in [-0.1, -0.05) is 11.6 Å². The average Bonchev–Trinajstić information content (AvgIpc) is 2.78. The summed E-state index contributed by atoms with van der Waals surface area (Å²) in [6, 6.07) is 6.75. The molecule has 1 fully saturated rings. The van der Waals surface area contributed by atoms with Crippen molar-refractivity contribution in [3.63, 3.8) is 0 Å². The van der Waals surface area contributed by atoms with Crippen molar-refractivity contribution >= 4 is 21.4 Å². The van der Waals surface area contributed by atoms with Crippen LogP contribution in [0.2, 0.25) is 5.02 Å². The third-order valence-corrected chi connectivity index (χ3v) is 5.91. The first kappa shape index (κ1) is 15.8. The molecule has 0 radical (unpaired) electrons. The highest BCUT2D eigenvalue weighted by Gasteiger charge is 2.29. The zero-order valence-corrected chi connectivity index (χ0v) is 13.2. The van der Waals surface area contributed by atoms with Crippen LogP contribution in [0.1, 0.15) is 13.3 Å². The van der Waals surface area contributed by atoms with Gasteiger partial charge in [0, 0.05) is 24.2 Å². The lowest BCUT2D eigenvalue weighted by molar-refractivity contribution is 0.280. The number of benzene rings is 1. The minimum absolute atomic E-state index is 0.135. The average molecular weight is 317 g/mol. The molecule has 2 unspecified atom stereocenters. The van der Waals surface area contributed by atoms with Crippen LogP contribution in [0.3, 0.4) is 0 Å². The predicted octanol–water partition coefficient (Wildman–Crippen LogP) is 1.78. The summed E-state index contributed by atoms with van der Waals surface area (Å²) in [5.74, 6) is 0.624. The summed E-state index contributed by atoms with van der Waals surface area (Å²) in [7, 11) is -3.24. The number of likely N-dealkylation sites (tertiary alicyclic amines) is 1. The van der Waals surface area contributed by atoms with Crippen molar-refractivity contribution in [1.29, 1.82) is 0 Å². The summed E-state index contributed by atoms with van der Waals surface area (Å²) in [6.45, 7) is 4.26. The number of rotatable bonds is 5. The molecule has 112 valence electrons. The lowest BCUT2D eigenvalue weighted by atomic mass is 10.1. The Morgan fingerprint density at radius 1 is 1.35 bits per heavy atom. The highest BCUT2D eigenvalue weighted by Crippen LogP contribution is 2.22. The fourth-order valence-corrected chi connectivity index (χ4v) is 4.08. The molecule has 0 bridgehead atoms. The van der Waals surface area contributed by atoms with E-state index >= 15 is 0 Å². The topological polar surface area (TPSA) is 63.4 Å². The van der Waals surface area contributed by atoms with Crippen molar-refractivity contribution in [3.8, 4) is 0 Å². The summed E-state index contributed by atoms with van der Waals surface area (Å²) >= 11 is 5.78. The van der Waals surface area contributed by atoms with Crippen LogP contribution < -0.4 is 5.73 Å². The van der Waals surface area contributed by atoms with Gasteiger partial charge in [0.25, 0.3) is 0 Å². The maximum absolute atomic E-state index is 12.3. The molecule has 2 atom stereocenters. The van der Waals surface area contributed by atoms with Crippen LogP contribution in [-0.4, -0.2) is 44.7 Å². The fraction of sp³-hybridized carbons (Fsp3) is 0.571. The highest BCUT2D eigenvalue weighted by molar-refractivity contribution is 7.91. The van der Waals surface area contributed by atoms with Crippen molar-refractivity contribution in [1.82, 2.24) is 4.90 Å². The van der Waals surface area contributed by atoms with Crippen molar-refractivity contribution in [3.05, 3.63) is 29.3 Å². The molecule has 4 nitrogen and oxygen atoms in total. The van der Waals surface area contributed by atoms with E-state index in [0.717, 1.165) is 13.0 Å². The van der Waals surface area contributed by atoms with Crippen LogP contribution in [0.15, 0.2) is 29.2 Å². The zero-order chi connectivity index (χ0) is 14.8. The van der Waals surface area contributed by atoms with Gasteiger partial charge >= 0.3 is 0 Å². The van der Waals surface area contributed by atoms with E-state index in [1.165, 1.54) is 0 Å². The van der Waals surface area contributed by atoms with E-state index in [9.17, 15) is 8.42 Å². The molecule has 0 saturated carbocycles. The summed E-state index contributed by atoms with van der Waals surface area (Å²) in [4.78, 5) is 2.55. The van der Waals surface area contributed by atoms with Gasteiger partial charge in [-0.15, -0.1) is 0 Å². The number of hydrogen-bond acceptors (Lipinski definition) is 4. The van der Waals surface area contributed by atoms with Crippen LogP contribution in [0, 0.1) is 5.92 Å². The number of halogens is 1. The van der Waals surface area contributed by atoms with Gasteiger partial charge in [0.2, 0.25) is 0 Å². The van der Waals surface area contributed by atoms with Crippen molar-refractivity contribution in [2.24, 2.45) is 11.7 Å². The maximum Gasteiger partial charge on any atom is 0.179 e. The van der Waals surface area contributed by atoms with E-state index in [1.54, 1.807) is 24.3 Å². The van der Waals surface area contributed by atoms with Gasteiger partial charge in [0.15, 0.2) is 9.84 Å². The first-order valence-corrected chi connectivity index (χ1v) is 8.88. The molecular formula is C14H21ClN2O2S. The van der Waals surface area contributed by atoms with E-state index < -0.39 is 9.84 Å². The van der Waals surface area contributed by atoms with E-state index in [2.05, 4.69) is 11.8 Å². The normalized spacial score (nSPS) is 24.1. The number of hydrogen-bond donors (Lipinski definition) is 1. The van der Waals surface area contributed by atoms with Gasteiger partial charge in [0.1, 0.15) is 0 Å². The lowest BCUT2D eigenvalue weighted by Crippen LogP contribution is -2.32. The first-order valence-electron chi connectivity index (χ1n) is 6.85. The van der Waals surface area contributed by atoms with Gasteiger partial charge in [0.05, 0.1) is 10.6 Å². The van der Waals surface area contributed by atoms with Crippen LogP contribution in [-0.2, 0) is 9.84 Å². The predicted molar refractivity (Wildman–Crippen MR) is 81.7 cm³/mol. The second-order valence-corrected chi connectivity index (χ2v) is 8.00. The SMILES string of the molecule is CC1CC(CN)CN1CCS(=O)(=O)c1ccc(Cl)cc1. The molecule has 2 rings (SSSR count). The quantitative estimate of drug-likeness (QED) is 0.899. The van der Waals surface area contributed by atoms with Gasteiger partial charge in [-0.25, -0.2) is 8.42 Å². The van der Waals surface area contributed by atoms with Crippen molar-refractivity contribution < 1.29 is 8.42 Å². The molecular weight excluding hydrogens is 296 g/mol. The van der Waals surface area contributed by atoms with E-state index in [0.29, 0.717) is 35.0 Å². The summed E-state index contributed by atoms with van der Waals surface area (Å²) in [5.41, 5.74) is 5.69. The molecule has 1 aromatic rings. The number of nitrogens with zero attached hydrogens (tertiary/aromatic N) is 1. The number of nitrogens with two attached hydrogens (primary N) is 1. The van der Waals surface area contributed by atoms with Crippen LogP contribution in [0.25, 0.3) is 0 Å². The standard InChI is InChI=1S/C14H21ClN2O2S/c1-11-8-12(9-16)10-17(11)6-7-20(18,19)14-4-2-13(15)3-5-14/h2-5,11-12H,6-10,16H2,1H3. The Morgan fingerprint density at radius 3 is 2.55 bits per heavy atom. The van der Waals surface area contributed by atoms with Crippen molar-refractivity contribution in [2.45, 2.75) is 24.3 Å². The molecule has 1 aliphatic rings. The molecule has 20 heavy (non-hydrogen) atoms. The van der Waals surface area contributed by atoms with Gasteiger partial charge in [-0.2, -0.15) is 0 Å². The molecule has 0 aromatic heterocycles. The molecule has 0 amide bonds. The van der Waals surface area contributed by atoms with E-state index in [4.69, 9.17) is 17.3 Å². The second kappa shape index (κ2) is 6.43. The number of sulfone groups is 1. The third kappa shape index (κ3) is 3.73. The molecule has 0 aliphatic carbocycles.